The van der Waals surface area contributed by atoms with Crippen molar-refractivity contribution in [2.24, 2.45) is 0 Å². The van der Waals surface area contributed by atoms with Crippen molar-refractivity contribution in [2.45, 2.75) is 56.2 Å². The van der Waals surface area contributed by atoms with Crippen LogP contribution in [0.5, 0.6) is 0 Å². The van der Waals surface area contributed by atoms with Gasteiger partial charge in [-0.05, 0) is 19.8 Å². The number of aromatic amines is 1. The number of rotatable bonds is 4. The fourth-order valence-corrected chi connectivity index (χ4v) is 4.54. The summed E-state index contributed by atoms with van der Waals surface area (Å²) in [5.74, 6) is 0.224. The van der Waals surface area contributed by atoms with Gasteiger partial charge in [-0.2, -0.15) is 13.2 Å². The smallest absolute Gasteiger partial charge is 0.378 e. The lowest BCUT2D eigenvalue weighted by molar-refractivity contribution is -0.145. The van der Waals surface area contributed by atoms with E-state index < -0.39 is 23.6 Å². The van der Waals surface area contributed by atoms with Crippen LogP contribution in [0.25, 0.3) is 0 Å². The number of carbonyl (C=O) groups excluding carboxylic acids is 1. The third kappa shape index (κ3) is 4.89. The van der Waals surface area contributed by atoms with E-state index in [4.69, 9.17) is 14.2 Å². The molecule has 8 nitrogen and oxygen atoms in total. The Morgan fingerprint density at radius 2 is 2.10 bits per heavy atom. The number of halogens is 3. The highest BCUT2D eigenvalue weighted by Crippen LogP contribution is 2.34. The van der Waals surface area contributed by atoms with Gasteiger partial charge < -0.3 is 24.1 Å². The van der Waals surface area contributed by atoms with Crippen molar-refractivity contribution in [3.8, 4) is 0 Å². The molecule has 0 aromatic carbocycles. The third-order valence-corrected chi connectivity index (χ3v) is 6.64. The van der Waals surface area contributed by atoms with E-state index in [1.807, 2.05) is 9.80 Å². The second kappa shape index (κ2) is 8.34. The molecule has 2 atom stereocenters. The van der Waals surface area contributed by atoms with Crippen LogP contribution >= 0.6 is 0 Å². The number of morpholine rings is 1. The minimum absolute atomic E-state index is 0.0309. The van der Waals surface area contributed by atoms with Gasteiger partial charge in [0.25, 0.3) is 5.91 Å². The van der Waals surface area contributed by atoms with Gasteiger partial charge in [-0.3, -0.25) is 9.69 Å². The van der Waals surface area contributed by atoms with Gasteiger partial charge in [0, 0.05) is 39.7 Å². The maximum atomic E-state index is 13.0. The largest absolute Gasteiger partial charge is 0.432 e. The summed E-state index contributed by atoms with van der Waals surface area (Å²) in [4.78, 5) is 23.0. The summed E-state index contributed by atoms with van der Waals surface area (Å²) in [6, 6.07) is 0. The van der Waals surface area contributed by atoms with Gasteiger partial charge >= 0.3 is 6.18 Å². The SMILES string of the molecule is COC1(C)CCN(C(=O)[C@H]2C[C@@]3(CO2)CN(Cc2ncc(C(F)(F)F)[nH]2)CCO3)CC1. The molecule has 3 fully saturated rings. The summed E-state index contributed by atoms with van der Waals surface area (Å²) < 4.78 is 55.8. The van der Waals surface area contributed by atoms with Crippen LogP contribution in [0, 0.1) is 0 Å². The van der Waals surface area contributed by atoms with E-state index in [9.17, 15) is 18.0 Å². The summed E-state index contributed by atoms with van der Waals surface area (Å²) in [6.45, 7) is 5.32. The number of hydrogen-bond donors (Lipinski definition) is 1. The first-order chi connectivity index (χ1) is 14.6. The molecule has 11 heteroatoms. The molecule has 0 bridgehead atoms. The third-order valence-electron chi connectivity index (χ3n) is 6.64. The first-order valence-corrected chi connectivity index (χ1v) is 10.5. The zero-order chi connectivity index (χ0) is 22.3. The fourth-order valence-electron chi connectivity index (χ4n) is 4.54. The molecule has 31 heavy (non-hydrogen) atoms. The molecule has 0 unspecified atom stereocenters. The number of nitrogens with zero attached hydrogens (tertiary/aromatic N) is 3. The second-order valence-electron chi connectivity index (χ2n) is 8.97. The van der Waals surface area contributed by atoms with Crippen LogP contribution < -0.4 is 0 Å². The lowest BCUT2D eigenvalue weighted by atomic mass is 9.92. The van der Waals surface area contributed by atoms with E-state index in [1.165, 1.54) is 0 Å². The van der Waals surface area contributed by atoms with Crippen molar-refractivity contribution in [2.75, 3.05) is 46.5 Å². The number of H-pyrrole nitrogens is 1. The second-order valence-corrected chi connectivity index (χ2v) is 8.97. The van der Waals surface area contributed by atoms with Crippen molar-refractivity contribution < 1.29 is 32.2 Å². The van der Waals surface area contributed by atoms with Crippen molar-refractivity contribution in [1.29, 1.82) is 0 Å². The van der Waals surface area contributed by atoms with Crippen LogP contribution in [0.1, 0.15) is 37.7 Å². The van der Waals surface area contributed by atoms with Gasteiger partial charge in [-0.15, -0.1) is 0 Å². The highest BCUT2D eigenvalue weighted by molar-refractivity contribution is 5.81. The van der Waals surface area contributed by atoms with E-state index >= 15 is 0 Å². The highest BCUT2D eigenvalue weighted by atomic mass is 19.4. The molecule has 3 aliphatic rings. The van der Waals surface area contributed by atoms with E-state index in [0.717, 1.165) is 19.0 Å². The number of imidazole rings is 1. The minimum atomic E-state index is -4.44. The molecule has 3 saturated heterocycles. The van der Waals surface area contributed by atoms with Crippen molar-refractivity contribution in [1.82, 2.24) is 19.8 Å². The molecule has 1 amide bonds. The fraction of sp³-hybridized carbons (Fsp3) is 0.800. The highest BCUT2D eigenvalue weighted by Gasteiger charge is 2.48. The lowest BCUT2D eigenvalue weighted by Crippen LogP contribution is -2.53. The Morgan fingerprint density at radius 1 is 1.35 bits per heavy atom. The Labute approximate surface area is 179 Å². The first-order valence-electron chi connectivity index (χ1n) is 10.5. The Balaban J connectivity index is 1.33. The Kier molecular flexibility index (Phi) is 6.06. The molecule has 0 radical (unpaired) electrons. The maximum absolute atomic E-state index is 13.0. The summed E-state index contributed by atoms with van der Waals surface area (Å²) in [6.07, 6.45) is -2.20. The Bertz CT molecular complexity index is 794. The number of aromatic nitrogens is 2. The maximum Gasteiger partial charge on any atom is 0.432 e. The number of likely N-dealkylation sites (tertiary alicyclic amines) is 1. The molecule has 0 aliphatic carbocycles. The topological polar surface area (TPSA) is 79.9 Å². The van der Waals surface area contributed by atoms with Gasteiger partial charge in [-0.25, -0.2) is 4.98 Å². The first kappa shape index (κ1) is 22.5. The summed E-state index contributed by atoms with van der Waals surface area (Å²) in [7, 11) is 1.69. The molecule has 1 spiro atoms. The zero-order valence-corrected chi connectivity index (χ0v) is 17.8. The van der Waals surface area contributed by atoms with E-state index in [0.29, 0.717) is 39.2 Å². The van der Waals surface area contributed by atoms with Gasteiger partial charge in [0.1, 0.15) is 23.2 Å². The molecule has 4 rings (SSSR count). The number of carbonyl (C=O) groups is 1. The standard InChI is InChI=1S/C20H29F3N4O4/c1-18(29-2)3-5-27(6-4-18)17(28)14-9-19(13-30-14)12-26(7-8-31-19)11-16-24-10-15(25-16)20(21,22)23/h10,14H,3-9,11-13H2,1-2H3,(H,24,25)/t14-,19+/m1/s1. The van der Waals surface area contributed by atoms with Crippen LogP contribution in [-0.2, 0) is 31.7 Å². The number of nitrogens with one attached hydrogen (secondary N) is 1. The number of ether oxygens (including phenoxy) is 3. The lowest BCUT2D eigenvalue weighted by Gasteiger charge is -2.40. The van der Waals surface area contributed by atoms with E-state index in [-0.39, 0.29) is 30.5 Å². The summed E-state index contributed by atoms with van der Waals surface area (Å²) in [5, 5.41) is 0. The predicted molar refractivity (Wildman–Crippen MR) is 103 cm³/mol. The summed E-state index contributed by atoms with van der Waals surface area (Å²) >= 11 is 0. The number of hydrogen-bond acceptors (Lipinski definition) is 6. The van der Waals surface area contributed by atoms with Crippen LogP contribution in [0.3, 0.4) is 0 Å². The molecule has 1 aromatic heterocycles. The number of piperidine rings is 1. The van der Waals surface area contributed by atoms with Gasteiger partial charge in [-0.1, -0.05) is 0 Å². The molecule has 174 valence electrons. The predicted octanol–water partition coefficient (Wildman–Crippen LogP) is 1.82. The van der Waals surface area contributed by atoms with E-state index in [1.54, 1.807) is 7.11 Å². The monoisotopic (exact) mass is 446 g/mol. The number of amides is 1. The molecule has 0 saturated carbocycles. The average molecular weight is 446 g/mol. The molecule has 4 heterocycles. The van der Waals surface area contributed by atoms with E-state index in [2.05, 4.69) is 16.9 Å². The van der Waals surface area contributed by atoms with Crippen molar-refractivity contribution >= 4 is 5.91 Å². The Morgan fingerprint density at radius 3 is 2.74 bits per heavy atom. The van der Waals surface area contributed by atoms with Crippen LogP contribution in [-0.4, -0.2) is 89.5 Å². The number of alkyl halides is 3. The van der Waals surface area contributed by atoms with Crippen LogP contribution in [0.15, 0.2) is 6.20 Å². The molecule has 1 N–H and O–H groups in total. The van der Waals surface area contributed by atoms with Gasteiger partial charge in [0.15, 0.2) is 0 Å². The molecular weight excluding hydrogens is 417 g/mol. The molecule has 1 aromatic rings. The number of methoxy groups -OCH3 is 1. The van der Waals surface area contributed by atoms with Gasteiger partial charge in [0.2, 0.25) is 0 Å². The van der Waals surface area contributed by atoms with Crippen molar-refractivity contribution in [3.05, 3.63) is 17.7 Å². The van der Waals surface area contributed by atoms with Crippen LogP contribution in [0.2, 0.25) is 0 Å². The summed E-state index contributed by atoms with van der Waals surface area (Å²) in [5.41, 5.74) is -1.68. The molecular formula is C20H29F3N4O4. The quantitative estimate of drug-likeness (QED) is 0.760. The minimum Gasteiger partial charge on any atom is -0.378 e. The van der Waals surface area contributed by atoms with Crippen LogP contribution in [0.4, 0.5) is 13.2 Å². The normalized spacial score (nSPS) is 29.6. The zero-order valence-electron chi connectivity index (χ0n) is 17.8. The van der Waals surface area contributed by atoms with Gasteiger partial charge in [0.05, 0.1) is 31.6 Å². The molecule has 3 aliphatic heterocycles. The van der Waals surface area contributed by atoms with Crippen molar-refractivity contribution in [3.63, 3.8) is 0 Å². The average Bonchev–Trinajstić information content (AvgIpc) is 3.36. The Hall–Kier alpha value is -1.69.